The Morgan fingerprint density at radius 2 is 2.09 bits per heavy atom. The van der Waals surface area contributed by atoms with Gasteiger partial charge in [-0.3, -0.25) is 9.00 Å². The summed E-state index contributed by atoms with van der Waals surface area (Å²) in [6.07, 6.45) is 4.57. The topological polar surface area (TPSA) is 58.2 Å². The Morgan fingerprint density at radius 1 is 1.39 bits per heavy atom. The minimum atomic E-state index is -0.869. The third kappa shape index (κ3) is 7.02. The molecule has 1 aromatic rings. The maximum absolute atomic E-state index is 12.2. The fraction of sp³-hybridized carbons (Fsp3) is 0.588. The van der Waals surface area contributed by atoms with E-state index in [0.29, 0.717) is 24.0 Å². The van der Waals surface area contributed by atoms with Gasteiger partial charge >= 0.3 is 0 Å². The molecule has 0 radical (unpaired) electrons. The van der Waals surface area contributed by atoms with E-state index in [1.807, 2.05) is 24.3 Å². The molecule has 1 aliphatic heterocycles. The van der Waals surface area contributed by atoms with Crippen molar-refractivity contribution in [1.29, 1.82) is 0 Å². The molecule has 2 atom stereocenters. The van der Waals surface area contributed by atoms with Crippen molar-refractivity contribution in [3.8, 4) is 0 Å². The number of benzene rings is 1. The van der Waals surface area contributed by atoms with Gasteiger partial charge in [0, 0.05) is 34.9 Å². The molecule has 23 heavy (non-hydrogen) atoms. The summed E-state index contributed by atoms with van der Waals surface area (Å²) in [6.45, 7) is 4.30. The Balaban J connectivity index is 0.00000264. The number of carbonyl (C=O) groups excluding carboxylic acids is 1. The van der Waals surface area contributed by atoms with Gasteiger partial charge in [0.25, 0.3) is 0 Å². The molecule has 1 fully saturated rings. The Bertz CT molecular complexity index is 533. The van der Waals surface area contributed by atoms with Gasteiger partial charge in [-0.05, 0) is 55.5 Å². The van der Waals surface area contributed by atoms with Crippen molar-refractivity contribution in [2.24, 2.45) is 11.8 Å². The van der Waals surface area contributed by atoms with Crippen molar-refractivity contribution in [2.75, 3.05) is 24.7 Å². The van der Waals surface area contributed by atoms with Gasteiger partial charge < -0.3 is 10.6 Å². The normalized spacial score (nSPS) is 17.8. The van der Waals surface area contributed by atoms with Gasteiger partial charge in [0.1, 0.15) is 0 Å². The summed E-state index contributed by atoms with van der Waals surface area (Å²) < 4.78 is 11.3. The average molecular weight is 359 g/mol. The molecular weight excluding hydrogens is 332 g/mol. The zero-order valence-corrected chi connectivity index (χ0v) is 15.5. The van der Waals surface area contributed by atoms with E-state index in [9.17, 15) is 9.00 Å². The molecule has 2 rings (SSSR count). The molecule has 1 aliphatic rings. The lowest BCUT2D eigenvalue weighted by Crippen LogP contribution is -2.32. The third-order valence-electron chi connectivity index (χ3n) is 4.28. The van der Waals surface area contributed by atoms with Crippen LogP contribution in [0.15, 0.2) is 24.3 Å². The molecule has 4 nitrogen and oxygen atoms in total. The van der Waals surface area contributed by atoms with E-state index in [-0.39, 0.29) is 18.3 Å². The Hall–Kier alpha value is -0.910. The smallest absolute Gasteiger partial charge is 0.224 e. The van der Waals surface area contributed by atoms with Crippen LogP contribution < -0.4 is 10.6 Å². The molecule has 0 aliphatic carbocycles. The number of anilines is 1. The molecule has 0 saturated carbocycles. The first kappa shape index (κ1) is 20.1. The Kier molecular flexibility index (Phi) is 8.81. The maximum Gasteiger partial charge on any atom is 0.224 e. The zero-order valence-electron chi connectivity index (χ0n) is 13.8. The lowest BCUT2D eigenvalue weighted by atomic mass is 9.84. The average Bonchev–Trinajstić information content (AvgIpc) is 2.47. The van der Waals surface area contributed by atoms with Crippen molar-refractivity contribution in [3.63, 3.8) is 0 Å². The van der Waals surface area contributed by atoms with Crippen molar-refractivity contribution in [1.82, 2.24) is 5.32 Å². The third-order valence-corrected chi connectivity index (χ3v) is 5.02. The molecular formula is C17H27ClN2O2S. The van der Waals surface area contributed by atoms with Crippen LogP contribution in [0.2, 0.25) is 0 Å². The summed E-state index contributed by atoms with van der Waals surface area (Å²) in [6, 6.07) is 7.63. The number of piperidine rings is 1. The molecule has 0 spiro atoms. The monoisotopic (exact) mass is 358 g/mol. The molecule has 1 amide bonds. The molecule has 130 valence electrons. The fourth-order valence-corrected chi connectivity index (χ4v) is 3.71. The van der Waals surface area contributed by atoms with E-state index in [4.69, 9.17) is 0 Å². The van der Waals surface area contributed by atoms with Gasteiger partial charge in [-0.15, -0.1) is 12.4 Å². The SMILES string of the molecule is CC(CC(=O)Nc1cccc(CS(C)=O)c1)C1CCNCC1.Cl. The van der Waals surface area contributed by atoms with Crippen molar-refractivity contribution < 1.29 is 9.00 Å². The van der Waals surface area contributed by atoms with E-state index in [2.05, 4.69) is 17.6 Å². The van der Waals surface area contributed by atoms with Crippen LogP contribution in [0.3, 0.4) is 0 Å². The summed E-state index contributed by atoms with van der Waals surface area (Å²) in [5.41, 5.74) is 1.79. The van der Waals surface area contributed by atoms with E-state index < -0.39 is 10.8 Å². The van der Waals surface area contributed by atoms with Gasteiger partial charge in [-0.1, -0.05) is 19.1 Å². The van der Waals surface area contributed by atoms with Crippen LogP contribution in [0, 0.1) is 11.8 Å². The van der Waals surface area contributed by atoms with Gasteiger partial charge in [0.2, 0.25) is 5.91 Å². The largest absolute Gasteiger partial charge is 0.326 e. The molecule has 0 aromatic heterocycles. The lowest BCUT2D eigenvalue weighted by Gasteiger charge is -2.27. The predicted molar refractivity (Wildman–Crippen MR) is 99.5 cm³/mol. The molecule has 1 saturated heterocycles. The van der Waals surface area contributed by atoms with E-state index in [1.165, 1.54) is 0 Å². The standard InChI is InChI=1S/C17H26N2O2S.ClH/c1-13(15-6-8-18-9-7-15)10-17(20)19-16-5-3-4-14(11-16)12-22(2)21;/h3-5,11,13,15,18H,6-10,12H2,1-2H3,(H,19,20);1H. The van der Waals surface area contributed by atoms with Crippen LogP contribution in [-0.4, -0.2) is 29.5 Å². The van der Waals surface area contributed by atoms with Crippen LogP contribution in [0.1, 0.15) is 31.7 Å². The van der Waals surface area contributed by atoms with Gasteiger partial charge in [0.15, 0.2) is 0 Å². The second kappa shape index (κ2) is 10.1. The fourth-order valence-electron chi connectivity index (χ4n) is 3.06. The van der Waals surface area contributed by atoms with Crippen molar-refractivity contribution >= 4 is 34.8 Å². The van der Waals surface area contributed by atoms with Gasteiger partial charge in [-0.25, -0.2) is 0 Å². The predicted octanol–water partition coefficient (Wildman–Crippen LogP) is 2.95. The second-order valence-electron chi connectivity index (χ2n) is 6.23. The number of carbonyl (C=O) groups is 1. The highest BCUT2D eigenvalue weighted by molar-refractivity contribution is 7.83. The molecule has 0 bridgehead atoms. The minimum Gasteiger partial charge on any atom is -0.326 e. The zero-order chi connectivity index (χ0) is 15.9. The first-order valence-electron chi connectivity index (χ1n) is 7.94. The van der Waals surface area contributed by atoms with Crippen LogP contribution in [0.4, 0.5) is 5.69 Å². The summed E-state index contributed by atoms with van der Waals surface area (Å²) in [7, 11) is -0.869. The maximum atomic E-state index is 12.2. The summed E-state index contributed by atoms with van der Waals surface area (Å²) in [5.74, 6) is 1.64. The molecule has 2 unspecified atom stereocenters. The first-order chi connectivity index (χ1) is 10.5. The summed E-state index contributed by atoms with van der Waals surface area (Å²) in [5, 5.41) is 6.33. The van der Waals surface area contributed by atoms with Gasteiger partial charge in [0.05, 0.1) is 0 Å². The molecule has 2 N–H and O–H groups in total. The van der Waals surface area contributed by atoms with Crippen LogP contribution >= 0.6 is 12.4 Å². The van der Waals surface area contributed by atoms with E-state index >= 15 is 0 Å². The summed E-state index contributed by atoms with van der Waals surface area (Å²) >= 11 is 0. The number of rotatable bonds is 6. The Morgan fingerprint density at radius 3 is 2.74 bits per heavy atom. The van der Waals surface area contributed by atoms with Crippen LogP contribution in [-0.2, 0) is 21.3 Å². The van der Waals surface area contributed by atoms with Crippen LogP contribution in [0.25, 0.3) is 0 Å². The number of hydrogen-bond donors (Lipinski definition) is 2. The molecule has 6 heteroatoms. The highest BCUT2D eigenvalue weighted by Gasteiger charge is 2.22. The van der Waals surface area contributed by atoms with Crippen molar-refractivity contribution in [3.05, 3.63) is 29.8 Å². The lowest BCUT2D eigenvalue weighted by molar-refractivity contribution is -0.117. The van der Waals surface area contributed by atoms with Crippen LogP contribution in [0.5, 0.6) is 0 Å². The Labute approximate surface area is 147 Å². The number of halogens is 1. The number of amides is 1. The number of hydrogen-bond acceptors (Lipinski definition) is 3. The highest BCUT2D eigenvalue weighted by atomic mass is 35.5. The van der Waals surface area contributed by atoms with E-state index in [1.54, 1.807) is 6.26 Å². The minimum absolute atomic E-state index is 0. The molecule has 1 heterocycles. The number of nitrogens with one attached hydrogen (secondary N) is 2. The summed E-state index contributed by atoms with van der Waals surface area (Å²) in [4.78, 5) is 12.2. The quantitative estimate of drug-likeness (QED) is 0.822. The molecule has 1 aromatic carbocycles. The first-order valence-corrected chi connectivity index (χ1v) is 9.67. The van der Waals surface area contributed by atoms with E-state index in [0.717, 1.165) is 37.2 Å². The van der Waals surface area contributed by atoms with Gasteiger partial charge in [-0.2, -0.15) is 0 Å². The second-order valence-corrected chi connectivity index (χ2v) is 7.67. The highest BCUT2D eigenvalue weighted by Crippen LogP contribution is 2.24. The van der Waals surface area contributed by atoms with Crippen molar-refractivity contribution in [2.45, 2.75) is 31.9 Å².